The molecule has 3 heteroatoms. The molecule has 0 bridgehead atoms. The van der Waals surface area contributed by atoms with Crippen LogP contribution >= 0.6 is 0 Å². The molecule has 2 rings (SSSR count). The lowest BCUT2D eigenvalue weighted by atomic mass is 9.77. The first-order valence-electron chi connectivity index (χ1n) is 4.55. The maximum atomic E-state index is 11.1. The molecule has 12 heavy (non-hydrogen) atoms. The molecule has 1 unspecified atom stereocenters. The number of esters is 1. The second-order valence-corrected chi connectivity index (χ2v) is 4.02. The van der Waals surface area contributed by atoms with Gasteiger partial charge < -0.3 is 10.5 Å². The quantitative estimate of drug-likeness (QED) is 0.613. The fourth-order valence-electron chi connectivity index (χ4n) is 2.22. The van der Waals surface area contributed by atoms with Gasteiger partial charge in [-0.2, -0.15) is 0 Å². The normalized spacial score (nSPS) is 44.8. The Morgan fingerprint density at radius 1 is 1.42 bits per heavy atom. The number of ether oxygens (including phenoxy) is 1. The summed E-state index contributed by atoms with van der Waals surface area (Å²) >= 11 is 0. The van der Waals surface area contributed by atoms with Gasteiger partial charge >= 0.3 is 5.97 Å². The highest BCUT2D eigenvalue weighted by Crippen LogP contribution is 2.51. The summed E-state index contributed by atoms with van der Waals surface area (Å²) in [6.07, 6.45) is 3.25. The molecule has 0 aromatic rings. The van der Waals surface area contributed by atoms with E-state index in [2.05, 4.69) is 4.74 Å². The van der Waals surface area contributed by atoms with Crippen LogP contribution in [0.25, 0.3) is 0 Å². The van der Waals surface area contributed by atoms with Crippen LogP contribution < -0.4 is 5.73 Å². The van der Waals surface area contributed by atoms with Crippen molar-refractivity contribution in [3.63, 3.8) is 0 Å². The zero-order valence-corrected chi connectivity index (χ0v) is 7.32. The van der Waals surface area contributed by atoms with Crippen LogP contribution in [0.2, 0.25) is 0 Å². The number of methoxy groups -OCH3 is 1. The van der Waals surface area contributed by atoms with Gasteiger partial charge in [0.15, 0.2) is 0 Å². The third kappa shape index (κ3) is 1.22. The molecule has 2 atom stereocenters. The Balaban J connectivity index is 1.77. The number of carbonyl (C=O) groups is 1. The van der Waals surface area contributed by atoms with E-state index in [0.717, 1.165) is 19.3 Å². The number of hydrogen-bond acceptors (Lipinski definition) is 3. The summed E-state index contributed by atoms with van der Waals surface area (Å²) in [5.74, 6) is 1.48. The van der Waals surface area contributed by atoms with Crippen LogP contribution in [0.15, 0.2) is 0 Å². The minimum absolute atomic E-state index is 0.0273. The Hall–Kier alpha value is -0.570. The van der Waals surface area contributed by atoms with Gasteiger partial charge in [-0.1, -0.05) is 0 Å². The van der Waals surface area contributed by atoms with Crippen LogP contribution in [0, 0.1) is 17.8 Å². The largest absolute Gasteiger partial charge is 0.469 e. The number of rotatable bonds is 2. The summed E-state index contributed by atoms with van der Waals surface area (Å²) in [6.45, 7) is 0. The minimum Gasteiger partial charge on any atom is -0.469 e. The van der Waals surface area contributed by atoms with E-state index in [1.807, 2.05) is 0 Å². The minimum atomic E-state index is -0.0273. The van der Waals surface area contributed by atoms with Crippen LogP contribution in [0.4, 0.5) is 0 Å². The lowest BCUT2D eigenvalue weighted by molar-refractivity contribution is -0.142. The lowest BCUT2D eigenvalue weighted by Crippen LogP contribution is -2.37. The molecule has 2 N–H and O–H groups in total. The molecule has 0 aliphatic heterocycles. The molecule has 3 nitrogen and oxygen atoms in total. The standard InChI is InChI=1S/C9H15NO2/c1-12-9(11)8-4-7(8)5-2-6(10)3-5/h5-8H,2-4,10H2,1H3/t5?,6?,7?,8-/m0/s1. The zero-order chi connectivity index (χ0) is 8.72. The molecule has 0 amide bonds. The van der Waals surface area contributed by atoms with Gasteiger partial charge in [-0.05, 0) is 31.1 Å². The highest BCUT2D eigenvalue weighted by atomic mass is 16.5. The van der Waals surface area contributed by atoms with Crippen molar-refractivity contribution in [1.29, 1.82) is 0 Å². The van der Waals surface area contributed by atoms with Gasteiger partial charge in [-0.15, -0.1) is 0 Å². The molecular formula is C9H15NO2. The van der Waals surface area contributed by atoms with Crippen LogP contribution in [-0.2, 0) is 9.53 Å². The molecule has 2 aliphatic rings. The van der Waals surface area contributed by atoms with Crippen LogP contribution in [-0.4, -0.2) is 19.1 Å². The smallest absolute Gasteiger partial charge is 0.308 e. The van der Waals surface area contributed by atoms with Gasteiger partial charge in [0.25, 0.3) is 0 Å². The van der Waals surface area contributed by atoms with Crippen molar-refractivity contribution < 1.29 is 9.53 Å². The monoisotopic (exact) mass is 169 g/mol. The van der Waals surface area contributed by atoms with E-state index >= 15 is 0 Å². The number of carbonyl (C=O) groups excluding carboxylic acids is 1. The van der Waals surface area contributed by atoms with Crippen molar-refractivity contribution in [3.05, 3.63) is 0 Å². The van der Waals surface area contributed by atoms with Gasteiger partial charge in [-0.25, -0.2) is 0 Å². The number of hydrogen-bond donors (Lipinski definition) is 1. The van der Waals surface area contributed by atoms with Gasteiger partial charge in [0, 0.05) is 6.04 Å². The molecule has 0 radical (unpaired) electrons. The second kappa shape index (κ2) is 2.73. The Labute approximate surface area is 72.3 Å². The van der Waals surface area contributed by atoms with Gasteiger partial charge in [-0.3, -0.25) is 4.79 Å². The maximum Gasteiger partial charge on any atom is 0.308 e. The van der Waals surface area contributed by atoms with E-state index in [1.165, 1.54) is 7.11 Å². The second-order valence-electron chi connectivity index (χ2n) is 4.02. The third-order valence-electron chi connectivity index (χ3n) is 3.16. The first-order valence-corrected chi connectivity index (χ1v) is 4.55. The van der Waals surface area contributed by atoms with E-state index in [4.69, 9.17) is 5.73 Å². The third-order valence-corrected chi connectivity index (χ3v) is 3.16. The summed E-state index contributed by atoms with van der Waals surface area (Å²) in [5.41, 5.74) is 5.67. The van der Waals surface area contributed by atoms with Crippen molar-refractivity contribution in [2.75, 3.05) is 7.11 Å². The topological polar surface area (TPSA) is 52.3 Å². The van der Waals surface area contributed by atoms with E-state index in [9.17, 15) is 4.79 Å². The molecule has 0 spiro atoms. The molecule has 0 aromatic carbocycles. The Kier molecular flexibility index (Phi) is 1.83. The van der Waals surface area contributed by atoms with Gasteiger partial charge in [0.1, 0.15) is 0 Å². The fourth-order valence-corrected chi connectivity index (χ4v) is 2.22. The molecule has 2 aliphatic carbocycles. The maximum absolute atomic E-state index is 11.1. The molecule has 0 saturated heterocycles. The summed E-state index contributed by atoms with van der Waals surface area (Å²) in [5, 5.41) is 0. The van der Waals surface area contributed by atoms with Crippen molar-refractivity contribution in [3.8, 4) is 0 Å². The van der Waals surface area contributed by atoms with Crippen molar-refractivity contribution >= 4 is 5.97 Å². The molecular weight excluding hydrogens is 154 g/mol. The van der Waals surface area contributed by atoms with Gasteiger partial charge in [0.05, 0.1) is 13.0 Å². The Morgan fingerprint density at radius 3 is 2.58 bits per heavy atom. The van der Waals surface area contributed by atoms with Crippen molar-refractivity contribution in [2.24, 2.45) is 23.5 Å². The van der Waals surface area contributed by atoms with E-state index in [-0.39, 0.29) is 11.9 Å². The predicted molar refractivity (Wildman–Crippen MR) is 44.3 cm³/mol. The molecule has 0 heterocycles. The molecule has 2 fully saturated rings. The fraction of sp³-hybridized carbons (Fsp3) is 0.889. The summed E-state index contributed by atoms with van der Waals surface area (Å²) in [7, 11) is 1.46. The predicted octanol–water partition coefficient (Wildman–Crippen LogP) is 0.533. The first-order chi connectivity index (χ1) is 5.72. The first kappa shape index (κ1) is 8.05. The Bertz CT molecular complexity index is 199. The molecule has 68 valence electrons. The van der Waals surface area contributed by atoms with Crippen LogP contribution in [0.5, 0.6) is 0 Å². The van der Waals surface area contributed by atoms with E-state index < -0.39 is 0 Å². The summed E-state index contributed by atoms with van der Waals surface area (Å²) in [4.78, 5) is 11.1. The van der Waals surface area contributed by atoms with Crippen LogP contribution in [0.1, 0.15) is 19.3 Å². The summed E-state index contributed by atoms with van der Waals surface area (Å²) < 4.78 is 4.68. The number of nitrogens with two attached hydrogens (primary N) is 1. The SMILES string of the molecule is COC(=O)[C@H]1CC1C1CC(N)C1. The Morgan fingerprint density at radius 2 is 2.08 bits per heavy atom. The highest BCUT2D eigenvalue weighted by Gasteiger charge is 2.51. The summed E-state index contributed by atoms with van der Waals surface area (Å²) in [6, 6.07) is 0.397. The van der Waals surface area contributed by atoms with Gasteiger partial charge in [0.2, 0.25) is 0 Å². The lowest BCUT2D eigenvalue weighted by Gasteiger charge is -2.32. The average Bonchev–Trinajstić information content (AvgIpc) is 2.76. The molecule has 2 saturated carbocycles. The zero-order valence-electron chi connectivity index (χ0n) is 7.32. The van der Waals surface area contributed by atoms with Crippen molar-refractivity contribution in [2.45, 2.75) is 25.3 Å². The average molecular weight is 169 g/mol. The highest BCUT2D eigenvalue weighted by molar-refractivity contribution is 5.75. The van der Waals surface area contributed by atoms with Crippen molar-refractivity contribution in [1.82, 2.24) is 0 Å². The van der Waals surface area contributed by atoms with E-state index in [0.29, 0.717) is 17.9 Å². The molecule has 0 aromatic heterocycles. The van der Waals surface area contributed by atoms with E-state index in [1.54, 1.807) is 0 Å². The van der Waals surface area contributed by atoms with Crippen LogP contribution in [0.3, 0.4) is 0 Å².